The standard InChI is InChI=1S/C18H15BrFN3OS/c1-11-17(15-8-7-14(24-2)9-16(15)20)22-18(25-11)23-21-10-12-3-5-13(19)6-4-12/h3-10H,1-2H3,(H,22,23). The number of rotatable bonds is 5. The number of hydrogen-bond acceptors (Lipinski definition) is 5. The van der Waals surface area contributed by atoms with Crippen molar-refractivity contribution in [1.82, 2.24) is 4.98 Å². The van der Waals surface area contributed by atoms with E-state index in [0.717, 1.165) is 14.9 Å². The Morgan fingerprint density at radius 1 is 1.24 bits per heavy atom. The zero-order chi connectivity index (χ0) is 17.8. The SMILES string of the molecule is COc1ccc(-c2nc(NN=Cc3ccc(Br)cc3)sc2C)c(F)c1. The first-order valence-electron chi connectivity index (χ1n) is 7.43. The zero-order valence-electron chi connectivity index (χ0n) is 13.6. The van der Waals surface area contributed by atoms with Crippen molar-refractivity contribution < 1.29 is 9.13 Å². The highest BCUT2D eigenvalue weighted by Gasteiger charge is 2.14. The van der Waals surface area contributed by atoms with E-state index in [-0.39, 0.29) is 5.82 Å². The lowest BCUT2D eigenvalue weighted by atomic mass is 10.1. The van der Waals surface area contributed by atoms with Crippen LogP contribution in [0.1, 0.15) is 10.4 Å². The second-order valence-electron chi connectivity index (χ2n) is 5.19. The maximum Gasteiger partial charge on any atom is 0.204 e. The van der Waals surface area contributed by atoms with Crippen molar-refractivity contribution in [2.45, 2.75) is 6.92 Å². The molecule has 1 heterocycles. The summed E-state index contributed by atoms with van der Waals surface area (Å²) in [5.41, 5.74) is 4.91. The van der Waals surface area contributed by atoms with E-state index < -0.39 is 0 Å². The average molecular weight is 420 g/mol. The van der Waals surface area contributed by atoms with E-state index in [4.69, 9.17) is 4.74 Å². The molecule has 2 aromatic carbocycles. The number of aromatic nitrogens is 1. The van der Waals surface area contributed by atoms with E-state index in [1.54, 1.807) is 18.3 Å². The first-order chi connectivity index (χ1) is 12.1. The minimum Gasteiger partial charge on any atom is -0.497 e. The summed E-state index contributed by atoms with van der Waals surface area (Å²) in [5.74, 6) is 0.115. The number of nitrogens with one attached hydrogen (secondary N) is 1. The molecule has 3 aromatic rings. The molecule has 0 atom stereocenters. The van der Waals surface area contributed by atoms with Crippen LogP contribution >= 0.6 is 27.3 Å². The molecule has 7 heteroatoms. The molecule has 0 unspecified atom stereocenters. The van der Waals surface area contributed by atoms with Crippen molar-refractivity contribution in [2.75, 3.05) is 12.5 Å². The van der Waals surface area contributed by atoms with E-state index >= 15 is 0 Å². The van der Waals surface area contributed by atoms with E-state index in [1.807, 2.05) is 31.2 Å². The highest BCUT2D eigenvalue weighted by atomic mass is 79.9. The summed E-state index contributed by atoms with van der Waals surface area (Å²) in [6.07, 6.45) is 1.71. The molecule has 0 saturated heterocycles. The first kappa shape index (κ1) is 17.6. The van der Waals surface area contributed by atoms with Crippen molar-refractivity contribution in [2.24, 2.45) is 5.10 Å². The lowest BCUT2D eigenvalue weighted by Gasteiger charge is -2.04. The highest BCUT2D eigenvalue weighted by molar-refractivity contribution is 9.10. The van der Waals surface area contributed by atoms with Gasteiger partial charge >= 0.3 is 0 Å². The van der Waals surface area contributed by atoms with Gasteiger partial charge in [-0.1, -0.05) is 28.1 Å². The third-order valence-electron chi connectivity index (χ3n) is 3.47. The molecule has 0 amide bonds. The number of halogens is 2. The number of aryl methyl sites for hydroxylation is 1. The number of ether oxygens (including phenoxy) is 1. The van der Waals surface area contributed by atoms with Crippen molar-refractivity contribution in [3.05, 3.63) is 63.2 Å². The summed E-state index contributed by atoms with van der Waals surface area (Å²) in [6.45, 7) is 1.90. The topological polar surface area (TPSA) is 46.5 Å². The van der Waals surface area contributed by atoms with Gasteiger partial charge in [-0.05, 0) is 36.8 Å². The van der Waals surface area contributed by atoms with E-state index in [1.165, 1.54) is 24.5 Å². The fraction of sp³-hybridized carbons (Fsp3) is 0.111. The summed E-state index contributed by atoms with van der Waals surface area (Å²) in [7, 11) is 1.51. The monoisotopic (exact) mass is 419 g/mol. The van der Waals surface area contributed by atoms with E-state index in [9.17, 15) is 4.39 Å². The van der Waals surface area contributed by atoms with Crippen molar-refractivity contribution in [3.8, 4) is 17.0 Å². The number of anilines is 1. The molecule has 0 bridgehead atoms. The van der Waals surface area contributed by atoms with Crippen LogP contribution in [0.25, 0.3) is 11.3 Å². The number of nitrogens with zero attached hydrogens (tertiary/aromatic N) is 2. The predicted molar refractivity (Wildman–Crippen MR) is 104 cm³/mol. The average Bonchev–Trinajstić information content (AvgIpc) is 2.97. The van der Waals surface area contributed by atoms with Crippen LogP contribution in [0, 0.1) is 12.7 Å². The van der Waals surface area contributed by atoms with Gasteiger partial charge in [-0.2, -0.15) is 5.10 Å². The Bertz CT molecular complexity index is 909. The van der Waals surface area contributed by atoms with Gasteiger partial charge in [-0.3, -0.25) is 5.43 Å². The summed E-state index contributed by atoms with van der Waals surface area (Å²) in [4.78, 5) is 5.35. The van der Waals surface area contributed by atoms with Gasteiger partial charge in [-0.25, -0.2) is 9.37 Å². The van der Waals surface area contributed by atoms with E-state index in [2.05, 4.69) is 31.4 Å². The molecule has 0 fully saturated rings. The molecule has 0 saturated carbocycles. The van der Waals surface area contributed by atoms with Crippen LogP contribution in [0.3, 0.4) is 0 Å². The maximum atomic E-state index is 14.2. The summed E-state index contributed by atoms with van der Waals surface area (Å²) in [6, 6.07) is 12.5. The zero-order valence-corrected chi connectivity index (χ0v) is 16.0. The van der Waals surface area contributed by atoms with Gasteiger partial charge < -0.3 is 4.74 Å². The van der Waals surface area contributed by atoms with Crippen LogP contribution in [-0.4, -0.2) is 18.3 Å². The van der Waals surface area contributed by atoms with Crippen LogP contribution in [0.15, 0.2) is 52.0 Å². The quantitative estimate of drug-likeness (QED) is 0.440. The van der Waals surface area contributed by atoms with Gasteiger partial charge in [0.1, 0.15) is 11.6 Å². The number of hydrazone groups is 1. The second-order valence-corrected chi connectivity index (χ2v) is 7.31. The number of thiazole rings is 1. The van der Waals surface area contributed by atoms with Gasteiger partial charge in [0.2, 0.25) is 5.13 Å². The maximum absolute atomic E-state index is 14.2. The van der Waals surface area contributed by atoms with Gasteiger partial charge in [0.05, 0.1) is 19.0 Å². The van der Waals surface area contributed by atoms with Gasteiger partial charge in [0.15, 0.2) is 0 Å². The number of benzene rings is 2. The van der Waals surface area contributed by atoms with Crippen LogP contribution in [0.4, 0.5) is 9.52 Å². The Labute approximate surface area is 157 Å². The van der Waals surface area contributed by atoms with Gasteiger partial charge in [0.25, 0.3) is 0 Å². The molecule has 0 aliphatic heterocycles. The molecular weight excluding hydrogens is 405 g/mol. The molecular formula is C18H15BrFN3OS. The lowest BCUT2D eigenvalue weighted by Crippen LogP contribution is -1.92. The minimum absolute atomic E-state index is 0.363. The lowest BCUT2D eigenvalue weighted by molar-refractivity contribution is 0.411. The molecule has 3 rings (SSSR count). The molecule has 0 aliphatic carbocycles. The molecule has 25 heavy (non-hydrogen) atoms. The minimum atomic E-state index is -0.363. The Morgan fingerprint density at radius 3 is 2.68 bits per heavy atom. The van der Waals surface area contributed by atoms with Crippen LogP contribution < -0.4 is 10.2 Å². The molecule has 4 nitrogen and oxygen atoms in total. The summed E-state index contributed by atoms with van der Waals surface area (Å²) >= 11 is 4.82. The molecule has 1 aromatic heterocycles. The molecule has 128 valence electrons. The molecule has 0 aliphatic rings. The summed E-state index contributed by atoms with van der Waals surface area (Å²) in [5, 5.41) is 4.79. The Morgan fingerprint density at radius 2 is 2.00 bits per heavy atom. The first-order valence-corrected chi connectivity index (χ1v) is 9.04. The summed E-state index contributed by atoms with van der Waals surface area (Å²) < 4.78 is 20.3. The predicted octanol–water partition coefficient (Wildman–Crippen LogP) is 5.47. The normalized spacial score (nSPS) is 11.0. The smallest absolute Gasteiger partial charge is 0.204 e. The highest BCUT2D eigenvalue weighted by Crippen LogP contribution is 2.33. The van der Waals surface area contributed by atoms with Crippen molar-refractivity contribution in [1.29, 1.82) is 0 Å². The Balaban J connectivity index is 1.77. The molecule has 1 N–H and O–H groups in total. The second kappa shape index (κ2) is 7.76. The van der Waals surface area contributed by atoms with Crippen molar-refractivity contribution >= 4 is 38.6 Å². The number of hydrogen-bond donors (Lipinski definition) is 1. The third-order valence-corrected chi connectivity index (χ3v) is 4.88. The van der Waals surface area contributed by atoms with Gasteiger partial charge in [0, 0.05) is 21.0 Å². The van der Waals surface area contributed by atoms with Crippen molar-refractivity contribution in [3.63, 3.8) is 0 Å². The molecule has 0 spiro atoms. The fourth-order valence-electron chi connectivity index (χ4n) is 2.22. The van der Waals surface area contributed by atoms with Gasteiger partial charge in [-0.15, -0.1) is 11.3 Å². The van der Waals surface area contributed by atoms with Crippen LogP contribution in [0.5, 0.6) is 5.75 Å². The fourth-order valence-corrected chi connectivity index (χ4v) is 3.26. The van der Waals surface area contributed by atoms with E-state index in [0.29, 0.717) is 22.1 Å². The Kier molecular flexibility index (Phi) is 5.45. The van der Waals surface area contributed by atoms with Crippen LogP contribution in [0.2, 0.25) is 0 Å². The third kappa shape index (κ3) is 4.24. The Hall–Kier alpha value is -2.25. The molecule has 0 radical (unpaired) electrons. The number of methoxy groups -OCH3 is 1. The largest absolute Gasteiger partial charge is 0.497 e. The van der Waals surface area contributed by atoms with Crippen LogP contribution in [-0.2, 0) is 0 Å².